The molecule has 0 amide bonds. The summed E-state index contributed by atoms with van der Waals surface area (Å²) < 4.78 is 63.4. The summed E-state index contributed by atoms with van der Waals surface area (Å²) in [7, 11) is -5.43. The predicted molar refractivity (Wildman–Crippen MR) is 138 cm³/mol. The highest BCUT2D eigenvalue weighted by Gasteiger charge is 2.51. The lowest BCUT2D eigenvalue weighted by molar-refractivity contribution is -0.0437. The van der Waals surface area contributed by atoms with Crippen molar-refractivity contribution in [3.63, 3.8) is 0 Å². The summed E-state index contributed by atoms with van der Waals surface area (Å²) in [6.07, 6.45) is 3.85. The van der Waals surface area contributed by atoms with Crippen molar-refractivity contribution in [1.29, 1.82) is 0 Å². The summed E-state index contributed by atoms with van der Waals surface area (Å²) in [6.45, 7) is 2.84. The number of sulfonamides is 1. The van der Waals surface area contributed by atoms with Gasteiger partial charge in [0.05, 0.1) is 5.69 Å². The van der Waals surface area contributed by atoms with Crippen LogP contribution in [0.1, 0.15) is 5.56 Å². The summed E-state index contributed by atoms with van der Waals surface area (Å²) in [5, 5.41) is 3.78. The second-order valence-electron chi connectivity index (χ2n) is 8.50. The molecule has 0 bridgehead atoms. The monoisotopic (exact) mass is 551 g/mol. The van der Waals surface area contributed by atoms with Gasteiger partial charge in [-0.3, -0.25) is 4.31 Å². The second kappa shape index (κ2) is 9.89. The van der Waals surface area contributed by atoms with Gasteiger partial charge in [0.25, 0.3) is 0 Å². The van der Waals surface area contributed by atoms with Gasteiger partial charge in [-0.1, -0.05) is 17.8 Å². The summed E-state index contributed by atoms with van der Waals surface area (Å²) in [5.41, 5.74) is -4.19. The highest BCUT2D eigenvalue weighted by Crippen LogP contribution is 2.38. The highest BCUT2D eigenvalue weighted by molar-refractivity contribution is 7.98. The Labute approximate surface area is 216 Å². The number of piperazine rings is 1. The summed E-state index contributed by atoms with van der Waals surface area (Å²) >= 11 is 1.41. The van der Waals surface area contributed by atoms with Crippen molar-refractivity contribution in [2.45, 2.75) is 17.1 Å². The second-order valence-corrected chi connectivity index (χ2v) is 11.1. The van der Waals surface area contributed by atoms with Crippen LogP contribution in [-0.2, 0) is 16.4 Å². The summed E-state index contributed by atoms with van der Waals surface area (Å²) in [4.78, 5) is 18.0. The Bertz CT molecular complexity index is 1380. The van der Waals surface area contributed by atoms with Crippen LogP contribution in [0.25, 0.3) is 0 Å². The van der Waals surface area contributed by atoms with E-state index in [1.165, 1.54) is 17.8 Å². The number of hydrogen-bond donors (Lipinski definition) is 1. The Balaban J connectivity index is 1.33. The van der Waals surface area contributed by atoms with E-state index in [2.05, 4.69) is 30.1 Å². The number of anilines is 5. The van der Waals surface area contributed by atoms with E-state index in [9.17, 15) is 21.6 Å². The van der Waals surface area contributed by atoms with Crippen molar-refractivity contribution in [2.75, 3.05) is 58.4 Å². The molecule has 196 valence electrons. The zero-order valence-corrected chi connectivity index (χ0v) is 21.4. The largest absolute Gasteiger partial charge is 0.516 e. The predicted octanol–water partition coefficient (Wildman–Crippen LogP) is 3.88. The molecule has 0 unspecified atom stereocenters. The van der Waals surface area contributed by atoms with Crippen molar-refractivity contribution < 1.29 is 21.6 Å². The molecule has 37 heavy (non-hydrogen) atoms. The lowest BCUT2D eigenvalue weighted by Gasteiger charge is -2.36. The minimum atomic E-state index is -5.43. The Kier molecular flexibility index (Phi) is 6.79. The van der Waals surface area contributed by atoms with Gasteiger partial charge in [0, 0.05) is 50.7 Å². The molecule has 0 spiro atoms. The number of thioether (sulfide) groups is 1. The van der Waals surface area contributed by atoms with Gasteiger partial charge < -0.3 is 15.1 Å². The van der Waals surface area contributed by atoms with Crippen molar-refractivity contribution in [2.24, 2.45) is 0 Å². The van der Waals surface area contributed by atoms with E-state index in [1.54, 1.807) is 18.3 Å². The molecule has 1 saturated heterocycles. The molecule has 2 aliphatic heterocycles. The summed E-state index contributed by atoms with van der Waals surface area (Å²) in [5.74, 6) is 2.25. The first-order valence-electron chi connectivity index (χ1n) is 11.5. The first kappa shape index (κ1) is 25.4. The van der Waals surface area contributed by atoms with Gasteiger partial charge in [-0.25, -0.2) is 15.0 Å². The number of aromatic nitrogens is 3. The zero-order chi connectivity index (χ0) is 26.2. The molecule has 4 heterocycles. The van der Waals surface area contributed by atoms with E-state index < -0.39 is 15.5 Å². The first-order chi connectivity index (χ1) is 17.7. The normalized spacial score (nSPS) is 16.2. The van der Waals surface area contributed by atoms with Gasteiger partial charge in [-0.2, -0.15) is 21.6 Å². The van der Waals surface area contributed by atoms with Crippen LogP contribution in [0.4, 0.5) is 42.0 Å². The summed E-state index contributed by atoms with van der Waals surface area (Å²) in [6, 6.07) is 12.3. The third-order valence-electron chi connectivity index (χ3n) is 6.24. The molecule has 5 rings (SSSR count). The van der Waals surface area contributed by atoms with Crippen molar-refractivity contribution in [1.82, 2.24) is 15.0 Å². The smallest absolute Gasteiger partial charge is 0.353 e. The molecule has 1 aromatic carbocycles. The van der Waals surface area contributed by atoms with Crippen LogP contribution < -0.4 is 19.4 Å². The number of pyridine rings is 1. The molecule has 0 aliphatic carbocycles. The van der Waals surface area contributed by atoms with Crippen LogP contribution >= 0.6 is 11.8 Å². The SMILES string of the molecule is CSc1nc(Nc2ccc3c(c2)CCN3S(=O)(=O)C(F)(F)F)cc(N2CCN(c3ccccn3)CC2)n1. The van der Waals surface area contributed by atoms with Crippen molar-refractivity contribution in [3.8, 4) is 0 Å². The van der Waals surface area contributed by atoms with E-state index in [0.717, 1.165) is 37.8 Å². The van der Waals surface area contributed by atoms with Crippen LogP contribution in [0.3, 0.4) is 0 Å². The van der Waals surface area contributed by atoms with Crippen molar-refractivity contribution in [3.05, 3.63) is 54.2 Å². The number of hydrogen-bond acceptors (Lipinski definition) is 9. The fourth-order valence-electron chi connectivity index (χ4n) is 4.41. The number of fused-ring (bicyclic) bond motifs is 1. The molecule has 2 aliphatic rings. The Morgan fingerprint density at radius 3 is 2.32 bits per heavy atom. The zero-order valence-electron chi connectivity index (χ0n) is 19.8. The topological polar surface area (TPSA) is 94.6 Å². The average molecular weight is 552 g/mol. The molecular formula is C23H24F3N7O2S2. The molecule has 0 atom stereocenters. The molecule has 14 heteroatoms. The van der Waals surface area contributed by atoms with E-state index in [1.807, 2.05) is 30.5 Å². The molecule has 0 saturated carbocycles. The fourth-order valence-corrected chi connectivity index (χ4v) is 5.80. The van der Waals surface area contributed by atoms with Crippen LogP contribution in [0.15, 0.2) is 53.8 Å². The molecule has 0 radical (unpaired) electrons. The Hall–Kier alpha value is -3.26. The van der Waals surface area contributed by atoms with Crippen molar-refractivity contribution >= 4 is 50.6 Å². The number of rotatable bonds is 6. The quantitative estimate of drug-likeness (QED) is 0.362. The number of nitrogens with one attached hydrogen (secondary N) is 1. The van der Waals surface area contributed by atoms with E-state index in [0.29, 0.717) is 26.5 Å². The van der Waals surface area contributed by atoms with E-state index in [-0.39, 0.29) is 18.7 Å². The number of alkyl halides is 3. The molecule has 2 aromatic heterocycles. The minimum absolute atomic E-state index is 0.0434. The van der Waals surface area contributed by atoms with Gasteiger partial charge in [0.15, 0.2) is 5.16 Å². The standard InChI is InChI=1S/C23H24F3N7O2S2/c1-36-22-29-19(15-21(30-22)32-12-10-31(11-13-32)20-4-2-3-8-27-20)28-17-5-6-18-16(14-17)7-9-33(18)37(34,35)23(24,25)26/h2-6,8,14-15H,7,9-13H2,1H3,(H,28,29,30). The van der Waals surface area contributed by atoms with E-state index >= 15 is 0 Å². The maximum atomic E-state index is 13.0. The minimum Gasteiger partial charge on any atom is -0.353 e. The third kappa shape index (κ3) is 5.12. The van der Waals surface area contributed by atoms with Crippen LogP contribution in [-0.4, -0.2) is 67.9 Å². The molecule has 9 nitrogen and oxygen atoms in total. The molecule has 1 N–H and O–H groups in total. The van der Waals surface area contributed by atoms with Gasteiger partial charge >= 0.3 is 15.5 Å². The van der Waals surface area contributed by atoms with Crippen LogP contribution in [0.5, 0.6) is 0 Å². The average Bonchev–Trinajstić information content (AvgIpc) is 3.32. The molecule has 1 fully saturated rings. The highest BCUT2D eigenvalue weighted by atomic mass is 32.2. The van der Waals surface area contributed by atoms with Gasteiger partial charge in [0.2, 0.25) is 0 Å². The Morgan fingerprint density at radius 2 is 1.68 bits per heavy atom. The fraction of sp³-hybridized carbons (Fsp3) is 0.348. The van der Waals surface area contributed by atoms with Gasteiger partial charge in [0.1, 0.15) is 17.5 Å². The van der Waals surface area contributed by atoms with Gasteiger partial charge in [-0.15, -0.1) is 0 Å². The molecular weight excluding hydrogens is 527 g/mol. The molecule has 3 aromatic rings. The lowest BCUT2D eigenvalue weighted by Crippen LogP contribution is -2.47. The number of nitrogens with zero attached hydrogens (tertiary/aromatic N) is 6. The maximum Gasteiger partial charge on any atom is 0.516 e. The lowest BCUT2D eigenvalue weighted by atomic mass is 10.1. The van der Waals surface area contributed by atoms with Crippen LogP contribution in [0, 0.1) is 0 Å². The first-order valence-corrected chi connectivity index (χ1v) is 14.1. The Morgan fingerprint density at radius 1 is 0.946 bits per heavy atom. The van der Waals surface area contributed by atoms with E-state index in [4.69, 9.17) is 0 Å². The van der Waals surface area contributed by atoms with Crippen LogP contribution in [0.2, 0.25) is 0 Å². The number of halogens is 3. The van der Waals surface area contributed by atoms with Gasteiger partial charge in [-0.05, 0) is 48.6 Å². The third-order valence-corrected chi connectivity index (χ3v) is 8.33. The maximum absolute atomic E-state index is 13.0. The number of benzene rings is 1.